The molecule has 1 saturated heterocycles. The maximum Gasteiger partial charge on any atom is 0.406 e. The third-order valence-electron chi connectivity index (χ3n) is 4.70. The second kappa shape index (κ2) is 5.21. The van der Waals surface area contributed by atoms with Gasteiger partial charge in [-0.25, -0.2) is 4.79 Å². The van der Waals surface area contributed by atoms with Crippen molar-refractivity contribution in [3.8, 4) is 5.75 Å². The zero-order valence-corrected chi connectivity index (χ0v) is 12.9. The molecule has 1 aliphatic carbocycles. The van der Waals surface area contributed by atoms with E-state index in [1.54, 1.807) is 11.8 Å². The van der Waals surface area contributed by atoms with Crippen LogP contribution in [0, 0.1) is 5.92 Å². The zero-order chi connectivity index (χ0) is 15.2. The van der Waals surface area contributed by atoms with Crippen LogP contribution in [-0.2, 0) is 5.54 Å². The number of ether oxygens (including phenoxy) is 1. The average Bonchev–Trinajstić information content (AvgIpc) is 2.92. The van der Waals surface area contributed by atoms with E-state index in [0.29, 0.717) is 0 Å². The van der Waals surface area contributed by atoms with Gasteiger partial charge in [-0.2, -0.15) is 0 Å². The lowest BCUT2D eigenvalue weighted by molar-refractivity contribution is 0.154. The first kappa shape index (κ1) is 14.0. The van der Waals surface area contributed by atoms with E-state index >= 15 is 0 Å². The molecule has 3 atom stereocenters. The second-order valence-corrected chi connectivity index (χ2v) is 7.04. The predicted octanol–water partition coefficient (Wildman–Crippen LogP) is 2.85. The molecule has 3 unspecified atom stereocenters. The van der Waals surface area contributed by atoms with Gasteiger partial charge in [-0.3, -0.25) is 10.6 Å². The van der Waals surface area contributed by atoms with Crippen molar-refractivity contribution >= 4 is 17.9 Å². The highest BCUT2D eigenvalue weighted by Gasteiger charge is 2.52. The lowest BCUT2D eigenvalue weighted by Crippen LogP contribution is -2.55. The number of para-hydroxylation sites is 1. The Hall–Kier alpha value is -1.66. The largest absolute Gasteiger partial charge is 0.465 e. The van der Waals surface area contributed by atoms with E-state index in [1.165, 1.54) is 0 Å². The predicted molar refractivity (Wildman–Crippen MR) is 84.7 cm³/mol. The topological polar surface area (TPSA) is 70.6 Å². The fourth-order valence-corrected chi connectivity index (χ4v) is 5.12. The van der Waals surface area contributed by atoms with Gasteiger partial charge >= 0.3 is 6.09 Å². The van der Waals surface area contributed by atoms with Crippen LogP contribution in [0.4, 0.5) is 4.79 Å². The number of rotatable bonds is 1. The highest BCUT2D eigenvalue weighted by Crippen LogP contribution is 2.52. The molecule has 1 fully saturated rings. The van der Waals surface area contributed by atoms with Crippen molar-refractivity contribution in [3.63, 3.8) is 0 Å². The summed E-state index contributed by atoms with van der Waals surface area (Å²) in [4.78, 5) is 11.0. The van der Waals surface area contributed by atoms with E-state index < -0.39 is 6.09 Å². The zero-order valence-electron chi connectivity index (χ0n) is 12.0. The third-order valence-corrected chi connectivity index (χ3v) is 5.89. The first-order valence-corrected chi connectivity index (χ1v) is 8.60. The van der Waals surface area contributed by atoms with Crippen LogP contribution in [0.2, 0.25) is 0 Å². The average molecular weight is 318 g/mol. The number of nitrogens with one attached hydrogen (secondary N) is 2. The van der Waals surface area contributed by atoms with Gasteiger partial charge in [0.2, 0.25) is 0 Å². The molecule has 3 N–H and O–H groups in total. The fourth-order valence-electron chi connectivity index (χ4n) is 3.77. The molecular weight excluding hydrogens is 300 g/mol. The van der Waals surface area contributed by atoms with Crippen LogP contribution in [0.15, 0.2) is 36.1 Å². The van der Waals surface area contributed by atoms with E-state index in [2.05, 4.69) is 22.8 Å². The number of fused-ring (bicyclic) bond motifs is 4. The van der Waals surface area contributed by atoms with E-state index in [9.17, 15) is 4.79 Å². The third kappa shape index (κ3) is 2.09. The van der Waals surface area contributed by atoms with Crippen LogP contribution in [0.1, 0.15) is 24.8 Å². The van der Waals surface area contributed by atoms with Gasteiger partial charge in [0.15, 0.2) is 0 Å². The number of benzene rings is 1. The Morgan fingerprint density at radius 1 is 1.45 bits per heavy atom. The molecule has 116 valence electrons. The second-order valence-electron chi connectivity index (χ2n) is 5.94. The summed E-state index contributed by atoms with van der Waals surface area (Å²) in [6, 6.07) is 8.08. The number of hydrogen-bond acceptors (Lipinski definition) is 4. The number of thioether (sulfide) groups is 1. The van der Waals surface area contributed by atoms with Gasteiger partial charge in [0.1, 0.15) is 17.0 Å². The van der Waals surface area contributed by atoms with Crippen molar-refractivity contribution in [2.24, 2.45) is 5.92 Å². The summed E-state index contributed by atoms with van der Waals surface area (Å²) in [5, 5.41) is 15.1. The molecule has 6 heteroatoms. The van der Waals surface area contributed by atoms with Crippen molar-refractivity contribution in [3.05, 3.63) is 41.7 Å². The maximum absolute atomic E-state index is 11.0. The van der Waals surface area contributed by atoms with Crippen LogP contribution in [0.25, 0.3) is 0 Å². The van der Waals surface area contributed by atoms with Crippen molar-refractivity contribution in [1.29, 1.82) is 0 Å². The molecule has 1 amide bonds. The van der Waals surface area contributed by atoms with E-state index in [1.807, 2.05) is 18.2 Å². The monoisotopic (exact) mass is 318 g/mol. The molecule has 0 bridgehead atoms. The van der Waals surface area contributed by atoms with Crippen molar-refractivity contribution in [2.75, 3.05) is 5.75 Å². The maximum atomic E-state index is 11.0. The Kier molecular flexibility index (Phi) is 3.31. The smallest absolute Gasteiger partial charge is 0.406 e. The van der Waals surface area contributed by atoms with Gasteiger partial charge in [-0.05, 0) is 31.4 Å². The first-order chi connectivity index (χ1) is 10.7. The summed E-state index contributed by atoms with van der Waals surface area (Å²) in [6.45, 7) is 0. The minimum atomic E-state index is -0.998. The minimum Gasteiger partial charge on any atom is -0.465 e. The highest BCUT2D eigenvalue weighted by molar-refractivity contribution is 8.00. The molecule has 0 saturated carbocycles. The van der Waals surface area contributed by atoms with Crippen molar-refractivity contribution in [1.82, 2.24) is 10.6 Å². The quantitative estimate of drug-likeness (QED) is 0.743. The molecule has 2 aliphatic heterocycles. The lowest BCUT2D eigenvalue weighted by Gasteiger charge is -2.45. The fraction of sp³-hybridized carbons (Fsp3) is 0.438. The Bertz CT molecular complexity index is 648. The molecule has 1 aromatic carbocycles. The molecule has 0 radical (unpaired) electrons. The summed E-state index contributed by atoms with van der Waals surface area (Å²) < 4.78 is 6.11. The van der Waals surface area contributed by atoms with Crippen LogP contribution in [0.5, 0.6) is 5.75 Å². The molecule has 5 nitrogen and oxygen atoms in total. The van der Waals surface area contributed by atoms with Crippen molar-refractivity contribution < 1.29 is 14.6 Å². The Labute approximate surface area is 133 Å². The van der Waals surface area contributed by atoms with Crippen LogP contribution >= 0.6 is 11.8 Å². The molecule has 4 rings (SSSR count). The lowest BCUT2D eigenvalue weighted by atomic mass is 9.72. The summed E-state index contributed by atoms with van der Waals surface area (Å²) in [6.07, 6.45) is 4.45. The van der Waals surface area contributed by atoms with Crippen LogP contribution in [-0.4, -0.2) is 22.5 Å². The number of allylic oxidation sites excluding steroid dienone is 1. The van der Waals surface area contributed by atoms with Crippen LogP contribution in [0.3, 0.4) is 0 Å². The summed E-state index contributed by atoms with van der Waals surface area (Å²) >= 11 is 1.61. The van der Waals surface area contributed by atoms with E-state index in [0.717, 1.165) is 42.1 Å². The van der Waals surface area contributed by atoms with Gasteiger partial charge < -0.3 is 9.84 Å². The van der Waals surface area contributed by atoms with Gasteiger partial charge in [-0.1, -0.05) is 18.2 Å². The Morgan fingerprint density at radius 2 is 2.32 bits per heavy atom. The first-order valence-electron chi connectivity index (χ1n) is 7.55. The van der Waals surface area contributed by atoms with Gasteiger partial charge in [0.05, 0.1) is 5.54 Å². The van der Waals surface area contributed by atoms with Crippen LogP contribution < -0.4 is 15.4 Å². The Morgan fingerprint density at radius 3 is 3.18 bits per heavy atom. The van der Waals surface area contributed by atoms with E-state index in [-0.39, 0.29) is 17.0 Å². The molecule has 3 aliphatic rings. The molecule has 2 heterocycles. The SMILES string of the molecule is O=C(O)NC1NC2(CS1)c1ccccc1OC1=CCCCC12. The summed E-state index contributed by atoms with van der Waals surface area (Å²) in [5.41, 5.74) is 0.604. The standard InChI is InChI=1S/C16H18N2O3S/c19-15(20)17-14-18-16(9-22-14)10-5-1-3-7-12(10)21-13-8-4-2-6-11(13)16/h1,3,5,7-8,11,14,17-18H,2,4,6,9H2,(H,19,20). The van der Waals surface area contributed by atoms with E-state index in [4.69, 9.17) is 9.84 Å². The molecular formula is C16H18N2O3S. The number of carboxylic acid groups (broad SMARTS) is 1. The molecule has 0 aromatic heterocycles. The number of carbonyl (C=O) groups is 1. The molecule has 22 heavy (non-hydrogen) atoms. The normalized spacial score (nSPS) is 32.6. The number of hydrogen-bond donors (Lipinski definition) is 3. The minimum absolute atomic E-state index is 0.251. The van der Waals surface area contributed by atoms with Gasteiger partial charge in [0, 0.05) is 17.2 Å². The molecule has 1 spiro atoms. The molecule has 1 aromatic rings. The highest BCUT2D eigenvalue weighted by atomic mass is 32.2. The summed E-state index contributed by atoms with van der Waals surface area (Å²) in [5.74, 6) is 3.02. The van der Waals surface area contributed by atoms with Gasteiger partial charge in [-0.15, -0.1) is 11.8 Å². The van der Waals surface area contributed by atoms with Crippen molar-refractivity contribution in [2.45, 2.75) is 30.3 Å². The number of amides is 1. The van der Waals surface area contributed by atoms with Gasteiger partial charge in [0.25, 0.3) is 0 Å². The summed E-state index contributed by atoms with van der Waals surface area (Å²) in [7, 11) is 0. The Balaban J connectivity index is 1.77.